The maximum Gasteiger partial charge on any atom is 0.133 e. The Hall–Kier alpha value is -3.21. The summed E-state index contributed by atoms with van der Waals surface area (Å²) in [6.45, 7) is 0.552. The van der Waals surface area contributed by atoms with Crippen LogP contribution in [-0.4, -0.2) is 14.5 Å². The molecule has 0 unspecified atom stereocenters. The first-order valence-corrected chi connectivity index (χ1v) is 7.67. The van der Waals surface area contributed by atoms with Crippen molar-refractivity contribution < 1.29 is 4.39 Å². The van der Waals surface area contributed by atoms with Gasteiger partial charge in [0.25, 0.3) is 0 Å². The quantitative estimate of drug-likeness (QED) is 0.614. The molecule has 5 heteroatoms. The molecule has 118 valence electrons. The molecule has 0 atom stereocenters. The SMILES string of the molecule is Fc1ccc(-n2c(CNc3ccncc3)nc3ccccc32)cc1. The van der Waals surface area contributed by atoms with Crippen LogP contribution in [0.5, 0.6) is 0 Å². The largest absolute Gasteiger partial charge is 0.378 e. The van der Waals surface area contributed by atoms with Gasteiger partial charge in [-0.15, -0.1) is 0 Å². The summed E-state index contributed by atoms with van der Waals surface area (Å²) in [5, 5.41) is 3.35. The number of aromatic nitrogens is 3. The van der Waals surface area contributed by atoms with E-state index in [9.17, 15) is 4.39 Å². The summed E-state index contributed by atoms with van der Waals surface area (Å²) in [7, 11) is 0. The number of nitrogens with one attached hydrogen (secondary N) is 1. The van der Waals surface area contributed by atoms with Crippen molar-refractivity contribution in [3.05, 3.63) is 84.7 Å². The number of para-hydroxylation sites is 2. The molecule has 0 bridgehead atoms. The van der Waals surface area contributed by atoms with Crippen LogP contribution < -0.4 is 5.32 Å². The van der Waals surface area contributed by atoms with Crippen LogP contribution in [0.25, 0.3) is 16.7 Å². The third-order valence-corrected chi connectivity index (χ3v) is 3.85. The van der Waals surface area contributed by atoms with Gasteiger partial charge in [-0.3, -0.25) is 9.55 Å². The first-order chi connectivity index (χ1) is 11.8. The molecule has 2 heterocycles. The second kappa shape index (κ2) is 6.12. The zero-order chi connectivity index (χ0) is 16.4. The minimum absolute atomic E-state index is 0.250. The lowest BCUT2D eigenvalue weighted by Crippen LogP contribution is -2.07. The van der Waals surface area contributed by atoms with Gasteiger partial charge in [-0.2, -0.15) is 0 Å². The zero-order valence-electron chi connectivity index (χ0n) is 12.9. The van der Waals surface area contributed by atoms with Crippen LogP contribution in [0.3, 0.4) is 0 Å². The van der Waals surface area contributed by atoms with Gasteiger partial charge in [0.1, 0.15) is 11.6 Å². The van der Waals surface area contributed by atoms with Crippen LogP contribution in [0.4, 0.5) is 10.1 Å². The minimum Gasteiger partial charge on any atom is -0.378 e. The fraction of sp³-hybridized carbons (Fsp3) is 0.0526. The van der Waals surface area contributed by atoms with Crippen LogP contribution in [0.15, 0.2) is 73.1 Å². The molecule has 1 N–H and O–H groups in total. The van der Waals surface area contributed by atoms with E-state index in [1.165, 1.54) is 12.1 Å². The van der Waals surface area contributed by atoms with E-state index in [0.717, 1.165) is 28.2 Å². The van der Waals surface area contributed by atoms with Crippen LogP contribution in [0.1, 0.15) is 5.82 Å². The molecular formula is C19H15FN4. The molecule has 0 aliphatic heterocycles. The molecule has 2 aromatic heterocycles. The third-order valence-electron chi connectivity index (χ3n) is 3.85. The van der Waals surface area contributed by atoms with Gasteiger partial charge >= 0.3 is 0 Å². The van der Waals surface area contributed by atoms with Crippen molar-refractivity contribution in [2.75, 3.05) is 5.32 Å². The summed E-state index contributed by atoms with van der Waals surface area (Å²) in [5.74, 6) is 0.610. The maximum atomic E-state index is 13.3. The highest BCUT2D eigenvalue weighted by Crippen LogP contribution is 2.22. The molecule has 0 fully saturated rings. The van der Waals surface area contributed by atoms with E-state index in [1.54, 1.807) is 24.5 Å². The highest BCUT2D eigenvalue weighted by atomic mass is 19.1. The number of rotatable bonds is 4. The van der Waals surface area contributed by atoms with Gasteiger partial charge < -0.3 is 5.32 Å². The van der Waals surface area contributed by atoms with Crippen molar-refractivity contribution in [2.45, 2.75) is 6.54 Å². The van der Waals surface area contributed by atoms with Gasteiger partial charge in [-0.05, 0) is 48.5 Å². The number of halogens is 1. The lowest BCUT2D eigenvalue weighted by molar-refractivity contribution is 0.627. The topological polar surface area (TPSA) is 42.7 Å². The van der Waals surface area contributed by atoms with Crippen molar-refractivity contribution in [2.24, 2.45) is 0 Å². The van der Waals surface area contributed by atoms with Crippen LogP contribution in [0, 0.1) is 5.82 Å². The average molecular weight is 318 g/mol. The van der Waals surface area contributed by atoms with E-state index < -0.39 is 0 Å². The van der Waals surface area contributed by atoms with Gasteiger partial charge in [-0.25, -0.2) is 9.37 Å². The summed E-state index contributed by atoms with van der Waals surface area (Å²) in [4.78, 5) is 8.73. The van der Waals surface area contributed by atoms with E-state index in [1.807, 2.05) is 41.0 Å². The van der Waals surface area contributed by atoms with Crippen molar-refractivity contribution in [1.29, 1.82) is 0 Å². The second-order valence-electron chi connectivity index (χ2n) is 5.42. The molecule has 0 aliphatic rings. The Balaban J connectivity index is 1.76. The highest BCUT2D eigenvalue weighted by Gasteiger charge is 2.12. The molecule has 24 heavy (non-hydrogen) atoms. The van der Waals surface area contributed by atoms with Gasteiger partial charge in [0.2, 0.25) is 0 Å². The average Bonchev–Trinajstić information content (AvgIpc) is 3.00. The Morgan fingerprint density at radius 3 is 2.46 bits per heavy atom. The second-order valence-corrected chi connectivity index (χ2v) is 5.42. The number of hydrogen-bond acceptors (Lipinski definition) is 3. The van der Waals surface area contributed by atoms with Crippen LogP contribution in [-0.2, 0) is 6.54 Å². The monoisotopic (exact) mass is 318 g/mol. The van der Waals surface area contributed by atoms with Gasteiger partial charge in [0.05, 0.1) is 17.6 Å². The molecule has 0 aliphatic carbocycles. The Bertz CT molecular complexity index is 962. The molecule has 4 nitrogen and oxygen atoms in total. The zero-order valence-corrected chi connectivity index (χ0v) is 12.9. The van der Waals surface area contributed by atoms with E-state index in [2.05, 4.69) is 10.3 Å². The summed E-state index contributed by atoms with van der Waals surface area (Å²) in [6, 6.07) is 18.2. The Morgan fingerprint density at radius 1 is 0.917 bits per heavy atom. The predicted molar refractivity (Wildman–Crippen MR) is 92.6 cm³/mol. The van der Waals surface area contributed by atoms with Crippen molar-refractivity contribution in [3.63, 3.8) is 0 Å². The molecule has 0 radical (unpaired) electrons. The molecule has 0 saturated carbocycles. The number of anilines is 1. The predicted octanol–water partition coefficient (Wildman–Crippen LogP) is 4.17. The number of hydrogen-bond donors (Lipinski definition) is 1. The van der Waals surface area contributed by atoms with Crippen LogP contribution >= 0.6 is 0 Å². The summed E-state index contributed by atoms with van der Waals surface area (Å²) < 4.78 is 15.3. The van der Waals surface area contributed by atoms with E-state index in [-0.39, 0.29) is 5.82 Å². The number of fused-ring (bicyclic) bond motifs is 1. The lowest BCUT2D eigenvalue weighted by Gasteiger charge is -2.11. The first kappa shape index (κ1) is 14.4. The fourth-order valence-corrected chi connectivity index (χ4v) is 2.72. The van der Waals surface area contributed by atoms with Gasteiger partial charge in [0.15, 0.2) is 0 Å². The maximum absolute atomic E-state index is 13.3. The van der Waals surface area contributed by atoms with Gasteiger partial charge in [-0.1, -0.05) is 12.1 Å². The molecule has 4 rings (SSSR count). The van der Waals surface area contributed by atoms with Crippen molar-refractivity contribution in [1.82, 2.24) is 14.5 Å². The Labute approximate surface area is 138 Å². The molecule has 0 saturated heterocycles. The smallest absolute Gasteiger partial charge is 0.133 e. The van der Waals surface area contributed by atoms with Crippen molar-refractivity contribution in [3.8, 4) is 5.69 Å². The Morgan fingerprint density at radius 2 is 1.67 bits per heavy atom. The third kappa shape index (κ3) is 2.72. The Kier molecular flexibility index (Phi) is 3.67. The van der Waals surface area contributed by atoms with E-state index in [0.29, 0.717) is 6.54 Å². The normalized spacial score (nSPS) is 10.9. The molecule has 0 spiro atoms. The highest BCUT2D eigenvalue weighted by molar-refractivity contribution is 5.78. The fourth-order valence-electron chi connectivity index (χ4n) is 2.72. The van der Waals surface area contributed by atoms with Crippen LogP contribution in [0.2, 0.25) is 0 Å². The van der Waals surface area contributed by atoms with Crippen molar-refractivity contribution >= 4 is 16.7 Å². The first-order valence-electron chi connectivity index (χ1n) is 7.67. The lowest BCUT2D eigenvalue weighted by atomic mass is 10.2. The number of pyridine rings is 1. The van der Waals surface area contributed by atoms with E-state index in [4.69, 9.17) is 4.98 Å². The number of imidazole rings is 1. The van der Waals surface area contributed by atoms with E-state index >= 15 is 0 Å². The summed E-state index contributed by atoms with van der Waals surface area (Å²) in [5.41, 5.74) is 3.77. The molecule has 4 aromatic rings. The molecule has 0 amide bonds. The minimum atomic E-state index is -0.250. The molecular weight excluding hydrogens is 303 g/mol. The molecule has 2 aromatic carbocycles. The summed E-state index contributed by atoms with van der Waals surface area (Å²) in [6.07, 6.45) is 3.48. The number of nitrogens with zero attached hydrogens (tertiary/aromatic N) is 3. The van der Waals surface area contributed by atoms with Gasteiger partial charge in [0, 0.05) is 23.8 Å². The summed E-state index contributed by atoms with van der Waals surface area (Å²) >= 11 is 0. The number of benzene rings is 2. The standard InChI is InChI=1S/C19H15FN4/c20-14-5-7-16(8-6-14)24-18-4-2-1-3-17(18)23-19(24)13-22-15-9-11-21-12-10-15/h1-12H,13H2,(H,21,22).